The molecule has 194 valence electrons. The lowest BCUT2D eigenvalue weighted by Crippen LogP contribution is -2.46. The van der Waals surface area contributed by atoms with E-state index in [9.17, 15) is 14.0 Å². The highest BCUT2D eigenvalue weighted by Gasteiger charge is 2.32. The van der Waals surface area contributed by atoms with Crippen molar-refractivity contribution in [3.05, 3.63) is 59.1 Å². The van der Waals surface area contributed by atoms with Gasteiger partial charge in [-0.1, -0.05) is 23.7 Å². The maximum Gasteiger partial charge on any atom is 0.274 e. The maximum absolute atomic E-state index is 14.1. The van der Waals surface area contributed by atoms with Gasteiger partial charge in [0, 0.05) is 49.8 Å². The topological polar surface area (TPSA) is 103 Å². The Labute approximate surface area is 219 Å². The lowest BCUT2D eigenvalue weighted by Gasteiger charge is -2.31. The molecule has 1 atom stereocenters. The number of ether oxygens (including phenoxy) is 1. The van der Waals surface area contributed by atoms with Gasteiger partial charge in [-0.2, -0.15) is 5.10 Å². The molecule has 9 nitrogen and oxygen atoms in total. The Morgan fingerprint density at radius 2 is 1.95 bits per heavy atom. The molecule has 2 aromatic heterocycles. The van der Waals surface area contributed by atoms with E-state index < -0.39 is 0 Å². The number of carbonyl (C=O) groups excluding carboxylic acids is 2. The Bertz CT molecular complexity index is 1290. The average molecular weight is 527 g/mol. The summed E-state index contributed by atoms with van der Waals surface area (Å²) in [6.45, 7) is 2.21. The molecule has 1 unspecified atom stereocenters. The van der Waals surface area contributed by atoms with Crippen LogP contribution in [0.5, 0.6) is 5.88 Å². The fourth-order valence-electron chi connectivity index (χ4n) is 4.94. The van der Waals surface area contributed by atoms with Crippen molar-refractivity contribution in [2.75, 3.05) is 38.2 Å². The van der Waals surface area contributed by atoms with Crippen molar-refractivity contribution in [1.82, 2.24) is 25.4 Å². The number of anilines is 1. The van der Waals surface area contributed by atoms with Crippen LogP contribution in [0.3, 0.4) is 0 Å². The summed E-state index contributed by atoms with van der Waals surface area (Å²) < 4.78 is 19.3. The van der Waals surface area contributed by atoms with Crippen LogP contribution in [0.15, 0.2) is 42.6 Å². The Hall–Kier alpha value is -3.66. The van der Waals surface area contributed by atoms with Gasteiger partial charge in [-0.3, -0.25) is 14.7 Å². The summed E-state index contributed by atoms with van der Waals surface area (Å²) >= 11 is 6.26. The van der Waals surface area contributed by atoms with E-state index in [2.05, 4.69) is 20.5 Å². The van der Waals surface area contributed by atoms with Crippen molar-refractivity contribution in [3.63, 3.8) is 0 Å². The van der Waals surface area contributed by atoms with E-state index in [1.165, 1.54) is 19.4 Å². The number of pyridine rings is 1. The molecule has 5 rings (SSSR count). The van der Waals surface area contributed by atoms with Crippen LogP contribution in [0.25, 0.3) is 11.3 Å². The predicted octanol–water partition coefficient (Wildman–Crippen LogP) is 3.52. The van der Waals surface area contributed by atoms with Gasteiger partial charge in [-0.05, 0) is 37.5 Å². The number of amides is 2. The van der Waals surface area contributed by atoms with Crippen molar-refractivity contribution in [3.8, 4) is 17.1 Å². The highest BCUT2D eigenvalue weighted by atomic mass is 35.5. The Morgan fingerprint density at radius 3 is 2.70 bits per heavy atom. The normalized spacial score (nSPS) is 18.2. The molecule has 2 aliphatic heterocycles. The molecule has 2 N–H and O–H groups in total. The smallest absolute Gasteiger partial charge is 0.274 e. The second-order valence-corrected chi connectivity index (χ2v) is 9.74. The number of aromatic nitrogens is 3. The van der Waals surface area contributed by atoms with Gasteiger partial charge < -0.3 is 19.9 Å². The number of halogens is 2. The van der Waals surface area contributed by atoms with E-state index in [-0.39, 0.29) is 35.3 Å². The quantitative estimate of drug-likeness (QED) is 0.509. The molecule has 2 aliphatic rings. The van der Waals surface area contributed by atoms with Crippen LogP contribution in [-0.4, -0.2) is 71.2 Å². The first kappa shape index (κ1) is 25.0. The third-order valence-electron chi connectivity index (χ3n) is 7.01. The number of rotatable bonds is 6. The van der Waals surface area contributed by atoms with Gasteiger partial charge in [0.1, 0.15) is 5.82 Å². The number of likely N-dealkylation sites (tertiary alicyclic amines) is 1. The SMILES string of the molecule is COc1cc(-c2cc(C(=O)N3CCC(C(=O)NC4CCN(c5ccccc5F)C4)CC3)n[nH]2)c(Cl)cn1. The van der Waals surface area contributed by atoms with Crippen LogP contribution in [-0.2, 0) is 4.79 Å². The van der Waals surface area contributed by atoms with Crippen LogP contribution in [0.1, 0.15) is 29.8 Å². The first-order chi connectivity index (χ1) is 17.9. The molecule has 3 aromatic rings. The van der Waals surface area contributed by atoms with Gasteiger partial charge in [0.05, 0.1) is 29.7 Å². The number of aromatic amines is 1. The Kier molecular flexibility index (Phi) is 7.27. The summed E-state index contributed by atoms with van der Waals surface area (Å²) in [4.78, 5) is 33.7. The molecule has 2 saturated heterocycles. The fraction of sp³-hybridized carbons (Fsp3) is 0.385. The second-order valence-electron chi connectivity index (χ2n) is 9.33. The minimum Gasteiger partial charge on any atom is -0.481 e. The molecule has 0 saturated carbocycles. The van der Waals surface area contributed by atoms with Gasteiger partial charge in [-0.25, -0.2) is 9.37 Å². The molecule has 1 aromatic carbocycles. The highest BCUT2D eigenvalue weighted by molar-refractivity contribution is 6.33. The third-order valence-corrected chi connectivity index (χ3v) is 7.31. The number of nitrogens with zero attached hydrogens (tertiary/aromatic N) is 4. The Balaban J connectivity index is 1.13. The maximum atomic E-state index is 14.1. The minimum atomic E-state index is -0.251. The number of hydrogen-bond donors (Lipinski definition) is 2. The molecule has 0 aliphatic carbocycles. The van der Waals surface area contributed by atoms with Gasteiger partial charge in [-0.15, -0.1) is 0 Å². The van der Waals surface area contributed by atoms with Gasteiger partial charge in [0.25, 0.3) is 5.91 Å². The number of H-pyrrole nitrogens is 1. The monoisotopic (exact) mass is 526 g/mol. The molecule has 0 radical (unpaired) electrons. The number of hydrogen-bond acceptors (Lipinski definition) is 6. The molecule has 0 spiro atoms. The lowest BCUT2D eigenvalue weighted by atomic mass is 9.95. The molecule has 11 heteroatoms. The average Bonchev–Trinajstić information content (AvgIpc) is 3.59. The zero-order valence-corrected chi connectivity index (χ0v) is 21.2. The second kappa shape index (κ2) is 10.8. The summed E-state index contributed by atoms with van der Waals surface area (Å²) in [7, 11) is 1.51. The van der Waals surface area contributed by atoms with Crippen molar-refractivity contribution in [2.45, 2.75) is 25.3 Å². The summed E-state index contributed by atoms with van der Waals surface area (Å²) in [6.07, 6.45) is 3.40. The number of benzene rings is 1. The van der Waals surface area contributed by atoms with E-state index in [0.717, 1.165) is 6.42 Å². The van der Waals surface area contributed by atoms with Crippen LogP contribution >= 0.6 is 11.6 Å². The number of nitrogens with one attached hydrogen (secondary N) is 2. The number of piperidine rings is 1. The first-order valence-corrected chi connectivity index (χ1v) is 12.6. The van der Waals surface area contributed by atoms with E-state index >= 15 is 0 Å². The van der Waals surface area contributed by atoms with Crippen molar-refractivity contribution in [1.29, 1.82) is 0 Å². The molecule has 0 bridgehead atoms. The van der Waals surface area contributed by atoms with Gasteiger partial charge in [0.2, 0.25) is 11.8 Å². The Morgan fingerprint density at radius 1 is 1.16 bits per heavy atom. The molecule has 2 amide bonds. The number of methoxy groups -OCH3 is 1. The molecular formula is C26H28ClFN6O3. The third kappa shape index (κ3) is 5.39. The summed E-state index contributed by atoms with van der Waals surface area (Å²) in [5, 5.41) is 10.6. The molecular weight excluding hydrogens is 499 g/mol. The standard InChI is InChI=1S/C26H28ClFN6O3/c1-37-24-12-18(19(27)14-29-24)21-13-22(32-31-21)26(36)33-9-6-16(7-10-33)25(35)30-17-8-11-34(15-17)23-5-3-2-4-20(23)28/h2-5,12-14,16-17H,6-11,15H2,1H3,(H,30,35)(H,31,32). The fourth-order valence-corrected chi connectivity index (χ4v) is 5.14. The summed E-state index contributed by atoms with van der Waals surface area (Å²) in [5.74, 6) is -0.214. The van der Waals surface area contributed by atoms with Gasteiger partial charge in [0.15, 0.2) is 5.69 Å². The molecule has 2 fully saturated rings. The minimum absolute atomic E-state index is 0.00388. The highest BCUT2D eigenvalue weighted by Crippen LogP contribution is 2.30. The predicted molar refractivity (Wildman–Crippen MR) is 137 cm³/mol. The summed E-state index contributed by atoms with van der Waals surface area (Å²) in [6, 6.07) is 10.0. The zero-order valence-electron chi connectivity index (χ0n) is 20.4. The van der Waals surface area contributed by atoms with Crippen LogP contribution in [0.2, 0.25) is 5.02 Å². The zero-order chi connectivity index (χ0) is 25.9. The van der Waals surface area contributed by atoms with Crippen molar-refractivity contribution in [2.24, 2.45) is 5.92 Å². The van der Waals surface area contributed by atoms with Crippen LogP contribution in [0, 0.1) is 11.7 Å². The van der Waals surface area contributed by atoms with Crippen molar-refractivity contribution >= 4 is 29.1 Å². The van der Waals surface area contributed by atoms with Crippen LogP contribution < -0.4 is 15.0 Å². The first-order valence-electron chi connectivity index (χ1n) is 12.3. The summed E-state index contributed by atoms with van der Waals surface area (Å²) in [5.41, 5.74) is 2.07. The largest absolute Gasteiger partial charge is 0.481 e. The number of para-hydroxylation sites is 1. The number of carbonyl (C=O) groups is 2. The van der Waals surface area contributed by atoms with Gasteiger partial charge >= 0.3 is 0 Å². The van der Waals surface area contributed by atoms with E-state index in [1.54, 1.807) is 29.2 Å². The van der Waals surface area contributed by atoms with E-state index in [1.807, 2.05) is 11.0 Å². The van der Waals surface area contributed by atoms with E-state index in [0.29, 0.717) is 66.9 Å². The van der Waals surface area contributed by atoms with E-state index in [4.69, 9.17) is 16.3 Å². The van der Waals surface area contributed by atoms with Crippen LogP contribution in [0.4, 0.5) is 10.1 Å². The van der Waals surface area contributed by atoms with Crippen molar-refractivity contribution < 1.29 is 18.7 Å². The lowest BCUT2D eigenvalue weighted by molar-refractivity contribution is -0.126. The molecule has 37 heavy (non-hydrogen) atoms. The molecule has 4 heterocycles.